The number of hydrogen-bond donors (Lipinski definition) is 0. The quantitative estimate of drug-likeness (QED) is 0.348. The molecule has 7 heteroatoms. The predicted molar refractivity (Wildman–Crippen MR) is 124 cm³/mol. The number of nitrogens with zero attached hydrogens (tertiary/aromatic N) is 4. The molecule has 2 aromatic heterocycles. The van der Waals surface area contributed by atoms with E-state index in [1.807, 2.05) is 44.2 Å². The Morgan fingerprint density at radius 1 is 1.23 bits per heavy atom. The molecule has 0 saturated heterocycles. The van der Waals surface area contributed by atoms with Gasteiger partial charge in [0.15, 0.2) is 0 Å². The second kappa shape index (κ2) is 8.70. The Labute approximate surface area is 187 Å². The van der Waals surface area contributed by atoms with Gasteiger partial charge < -0.3 is 4.42 Å². The smallest absolute Gasteiger partial charge is 0.282 e. The lowest BCUT2D eigenvalue weighted by Gasteiger charge is -2.13. The van der Waals surface area contributed by atoms with Crippen LogP contribution in [0.4, 0.5) is 0 Å². The van der Waals surface area contributed by atoms with Crippen molar-refractivity contribution in [3.63, 3.8) is 0 Å². The van der Waals surface area contributed by atoms with E-state index in [4.69, 9.17) is 14.7 Å². The molecule has 0 aliphatic heterocycles. The molecule has 0 saturated carbocycles. The zero-order chi connectivity index (χ0) is 22.0. The number of nitriles is 1. The third kappa shape index (κ3) is 4.21. The second-order valence-electron chi connectivity index (χ2n) is 7.19. The molecule has 0 aliphatic rings. The lowest BCUT2D eigenvalue weighted by Crippen LogP contribution is -2.23. The van der Waals surface area contributed by atoms with E-state index < -0.39 is 0 Å². The molecule has 31 heavy (non-hydrogen) atoms. The fourth-order valence-electron chi connectivity index (χ4n) is 3.18. The molecule has 0 fully saturated rings. The number of halogens is 1. The van der Waals surface area contributed by atoms with Crippen molar-refractivity contribution < 1.29 is 4.42 Å². The minimum absolute atomic E-state index is 0.0590. The van der Waals surface area contributed by atoms with Crippen LogP contribution in [0.25, 0.3) is 22.2 Å². The third-order valence-corrected chi connectivity index (χ3v) is 5.61. The first-order valence-corrected chi connectivity index (χ1v) is 10.7. The van der Waals surface area contributed by atoms with Gasteiger partial charge in [-0.3, -0.25) is 4.79 Å². The van der Waals surface area contributed by atoms with Gasteiger partial charge in [0.25, 0.3) is 5.56 Å². The van der Waals surface area contributed by atoms with Crippen molar-refractivity contribution in [3.05, 3.63) is 86.6 Å². The molecule has 0 N–H and O–H groups in total. The molecule has 154 valence electrons. The van der Waals surface area contributed by atoms with Crippen LogP contribution in [0.15, 0.2) is 73.4 Å². The van der Waals surface area contributed by atoms with E-state index in [0.717, 1.165) is 16.5 Å². The summed E-state index contributed by atoms with van der Waals surface area (Å²) in [5.74, 6) is 1.83. The van der Waals surface area contributed by atoms with Crippen LogP contribution >= 0.6 is 15.9 Å². The van der Waals surface area contributed by atoms with Crippen molar-refractivity contribution >= 4 is 33.0 Å². The highest BCUT2D eigenvalue weighted by Gasteiger charge is 2.15. The number of aromatic nitrogens is 2. The first-order valence-electron chi connectivity index (χ1n) is 9.87. The van der Waals surface area contributed by atoms with Crippen molar-refractivity contribution in [2.75, 3.05) is 0 Å². The maximum absolute atomic E-state index is 13.2. The summed E-state index contributed by atoms with van der Waals surface area (Å²) in [4.78, 5) is 17.9. The van der Waals surface area contributed by atoms with Gasteiger partial charge in [-0.15, -0.1) is 0 Å². The van der Waals surface area contributed by atoms with Gasteiger partial charge in [0.2, 0.25) is 0 Å². The Hall–Kier alpha value is -3.50. The molecule has 0 radical (unpaired) electrons. The Morgan fingerprint density at radius 2 is 2.00 bits per heavy atom. The summed E-state index contributed by atoms with van der Waals surface area (Å²) < 4.78 is 8.03. The highest BCUT2D eigenvalue weighted by Crippen LogP contribution is 2.23. The van der Waals surface area contributed by atoms with E-state index in [1.165, 1.54) is 10.9 Å². The standard InChI is InChI=1S/C24H19BrN4O2/c1-3-15(2)23-28-21-10-8-18(25)12-20(21)24(30)29(23)27-14-19-9-11-22(31-19)17-6-4-16(13-26)5-7-17/h4-12,14-15H,3H2,1-2H3/t15-/m0/s1. The normalized spacial score (nSPS) is 12.3. The van der Waals surface area contributed by atoms with Crippen molar-refractivity contribution in [2.24, 2.45) is 5.10 Å². The molecule has 2 heterocycles. The van der Waals surface area contributed by atoms with Crippen molar-refractivity contribution in [1.82, 2.24) is 9.66 Å². The molecule has 0 spiro atoms. The monoisotopic (exact) mass is 474 g/mol. The number of benzene rings is 2. The van der Waals surface area contributed by atoms with Crippen LogP contribution in [-0.2, 0) is 0 Å². The molecule has 4 rings (SSSR count). The zero-order valence-electron chi connectivity index (χ0n) is 17.0. The lowest BCUT2D eigenvalue weighted by atomic mass is 10.1. The van der Waals surface area contributed by atoms with Gasteiger partial charge in [-0.1, -0.05) is 29.8 Å². The maximum Gasteiger partial charge on any atom is 0.282 e. The van der Waals surface area contributed by atoms with Crippen molar-refractivity contribution in [2.45, 2.75) is 26.2 Å². The van der Waals surface area contributed by atoms with Gasteiger partial charge in [-0.05, 0) is 61.0 Å². The summed E-state index contributed by atoms with van der Waals surface area (Å²) in [6, 6.07) is 18.3. The average Bonchev–Trinajstić information content (AvgIpc) is 3.27. The summed E-state index contributed by atoms with van der Waals surface area (Å²) in [6.45, 7) is 4.07. The fourth-order valence-corrected chi connectivity index (χ4v) is 3.54. The number of rotatable bonds is 5. The van der Waals surface area contributed by atoms with E-state index in [2.05, 4.69) is 27.1 Å². The molecular formula is C24H19BrN4O2. The van der Waals surface area contributed by atoms with E-state index in [1.54, 1.807) is 24.3 Å². The molecule has 2 aromatic carbocycles. The summed E-state index contributed by atoms with van der Waals surface area (Å²) in [5.41, 5.74) is 1.87. The van der Waals surface area contributed by atoms with Gasteiger partial charge >= 0.3 is 0 Å². The number of hydrogen-bond acceptors (Lipinski definition) is 5. The Morgan fingerprint density at radius 3 is 2.71 bits per heavy atom. The summed E-state index contributed by atoms with van der Waals surface area (Å²) >= 11 is 3.41. The molecule has 6 nitrogen and oxygen atoms in total. The van der Waals surface area contributed by atoms with E-state index >= 15 is 0 Å². The van der Waals surface area contributed by atoms with Crippen LogP contribution < -0.4 is 5.56 Å². The summed E-state index contributed by atoms with van der Waals surface area (Å²) in [5, 5.41) is 13.9. The Balaban J connectivity index is 1.74. The predicted octanol–water partition coefficient (Wildman–Crippen LogP) is 5.69. The summed E-state index contributed by atoms with van der Waals surface area (Å²) in [6.07, 6.45) is 2.35. The molecular weight excluding hydrogens is 456 g/mol. The van der Waals surface area contributed by atoms with Crippen LogP contribution in [0, 0.1) is 11.3 Å². The highest BCUT2D eigenvalue weighted by molar-refractivity contribution is 9.10. The minimum atomic E-state index is -0.225. The molecule has 0 unspecified atom stereocenters. The maximum atomic E-state index is 13.2. The largest absolute Gasteiger partial charge is 0.455 e. The van der Waals surface area contributed by atoms with E-state index in [9.17, 15) is 4.79 Å². The molecule has 0 amide bonds. The van der Waals surface area contributed by atoms with Gasteiger partial charge in [0, 0.05) is 16.0 Å². The number of fused-ring (bicyclic) bond motifs is 1. The van der Waals surface area contributed by atoms with Crippen LogP contribution in [0.3, 0.4) is 0 Å². The average molecular weight is 475 g/mol. The topological polar surface area (TPSA) is 84.2 Å². The molecule has 0 bridgehead atoms. The Bertz CT molecular complexity index is 1380. The van der Waals surface area contributed by atoms with E-state index in [0.29, 0.717) is 33.8 Å². The second-order valence-corrected chi connectivity index (χ2v) is 8.11. The van der Waals surface area contributed by atoms with Crippen LogP contribution in [0.2, 0.25) is 0 Å². The third-order valence-electron chi connectivity index (χ3n) is 5.11. The molecule has 0 aliphatic carbocycles. The highest BCUT2D eigenvalue weighted by atomic mass is 79.9. The van der Waals surface area contributed by atoms with Crippen molar-refractivity contribution in [3.8, 4) is 17.4 Å². The molecule has 4 aromatic rings. The number of furan rings is 1. The SMILES string of the molecule is CC[C@H](C)c1nc2ccc(Br)cc2c(=O)n1N=Cc1ccc(-c2ccc(C#N)cc2)o1. The van der Waals surface area contributed by atoms with Crippen LogP contribution in [0.5, 0.6) is 0 Å². The first-order chi connectivity index (χ1) is 15.0. The van der Waals surface area contributed by atoms with Crippen LogP contribution in [-0.4, -0.2) is 15.9 Å². The van der Waals surface area contributed by atoms with Gasteiger partial charge in [0.05, 0.1) is 28.8 Å². The lowest BCUT2D eigenvalue weighted by molar-refractivity contribution is 0.571. The van der Waals surface area contributed by atoms with Gasteiger partial charge in [-0.25, -0.2) is 4.98 Å². The molecule has 1 atom stereocenters. The Kier molecular flexibility index (Phi) is 5.83. The first kappa shape index (κ1) is 20.8. The summed E-state index contributed by atoms with van der Waals surface area (Å²) in [7, 11) is 0. The van der Waals surface area contributed by atoms with Gasteiger partial charge in [0.1, 0.15) is 17.3 Å². The van der Waals surface area contributed by atoms with Crippen LogP contribution in [0.1, 0.15) is 43.3 Å². The zero-order valence-corrected chi connectivity index (χ0v) is 18.6. The van der Waals surface area contributed by atoms with E-state index in [-0.39, 0.29) is 11.5 Å². The van der Waals surface area contributed by atoms with Gasteiger partial charge in [-0.2, -0.15) is 15.0 Å². The van der Waals surface area contributed by atoms with Crippen molar-refractivity contribution in [1.29, 1.82) is 5.26 Å². The minimum Gasteiger partial charge on any atom is -0.455 e. The fraction of sp³-hybridized carbons (Fsp3) is 0.167.